The fourth-order valence-corrected chi connectivity index (χ4v) is 3.16. The van der Waals surface area contributed by atoms with E-state index in [1.807, 2.05) is 25.3 Å². The molecule has 0 aliphatic rings. The number of fused-ring (bicyclic) bond motifs is 1. The number of benzene rings is 1. The number of carboxylic acid groups (broad SMARTS) is 1. The zero-order valence-corrected chi connectivity index (χ0v) is 12.6. The molecule has 0 atom stereocenters. The Morgan fingerprint density at radius 2 is 2.14 bits per heavy atom. The molecular formula is C15H15N3O2S. The van der Waals surface area contributed by atoms with Gasteiger partial charge in [-0.1, -0.05) is 0 Å². The van der Waals surface area contributed by atoms with Gasteiger partial charge in [0.25, 0.3) is 0 Å². The largest absolute Gasteiger partial charge is 0.478 e. The average Bonchev–Trinajstić information content (AvgIpc) is 2.98. The molecule has 108 valence electrons. The first-order chi connectivity index (χ1) is 10.0. The maximum atomic E-state index is 11.0. The third-order valence-corrected chi connectivity index (χ3v) is 4.43. The van der Waals surface area contributed by atoms with Crippen molar-refractivity contribution >= 4 is 28.3 Å². The summed E-state index contributed by atoms with van der Waals surface area (Å²) in [7, 11) is 0. The van der Waals surface area contributed by atoms with Crippen LogP contribution in [0.15, 0.2) is 23.6 Å². The number of aromatic carboxylic acids is 1. The number of thiazole rings is 1. The lowest BCUT2D eigenvalue weighted by molar-refractivity contribution is 0.0697. The average molecular weight is 301 g/mol. The van der Waals surface area contributed by atoms with Crippen molar-refractivity contribution in [1.29, 1.82) is 0 Å². The van der Waals surface area contributed by atoms with E-state index in [-0.39, 0.29) is 5.56 Å². The van der Waals surface area contributed by atoms with Crippen molar-refractivity contribution in [3.63, 3.8) is 0 Å². The van der Waals surface area contributed by atoms with Crippen LogP contribution in [0.25, 0.3) is 11.0 Å². The second-order valence-corrected chi connectivity index (χ2v) is 5.89. The predicted molar refractivity (Wildman–Crippen MR) is 82.0 cm³/mol. The van der Waals surface area contributed by atoms with Gasteiger partial charge in [0.2, 0.25) is 0 Å². The van der Waals surface area contributed by atoms with Crippen LogP contribution in [0.4, 0.5) is 0 Å². The van der Waals surface area contributed by atoms with Crippen molar-refractivity contribution in [2.24, 2.45) is 0 Å². The fraction of sp³-hybridized carbons (Fsp3) is 0.267. The van der Waals surface area contributed by atoms with Crippen LogP contribution >= 0.6 is 11.3 Å². The van der Waals surface area contributed by atoms with Crippen molar-refractivity contribution in [2.45, 2.75) is 26.8 Å². The Kier molecular flexibility index (Phi) is 3.47. The molecule has 0 saturated carbocycles. The van der Waals surface area contributed by atoms with E-state index in [1.54, 1.807) is 23.5 Å². The topological polar surface area (TPSA) is 68.0 Å². The first-order valence-electron chi connectivity index (χ1n) is 6.66. The Hall–Kier alpha value is -2.21. The number of aryl methyl sites for hydroxylation is 4. The first-order valence-corrected chi connectivity index (χ1v) is 7.54. The van der Waals surface area contributed by atoms with Crippen LogP contribution in [-0.2, 0) is 13.0 Å². The molecule has 0 bridgehead atoms. The van der Waals surface area contributed by atoms with Gasteiger partial charge in [-0.25, -0.2) is 14.8 Å². The van der Waals surface area contributed by atoms with Crippen LogP contribution in [0.2, 0.25) is 0 Å². The highest BCUT2D eigenvalue weighted by Gasteiger charge is 2.11. The highest BCUT2D eigenvalue weighted by molar-refractivity contribution is 7.09. The van der Waals surface area contributed by atoms with Crippen molar-refractivity contribution in [2.75, 3.05) is 0 Å². The maximum Gasteiger partial charge on any atom is 0.335 e. The van der Waals surface area contributed by atoms with E-state index in [0.717, 1.165) is 40.5 Å². The Balaban J connectivity index is 1.91. The standard InChI is InChI=1S/C15H15N3O2S/c1-9-8-21-14(16-9)5-6-18-10(2)17-12-7-11(15(19)20)3-4-13(12)18/h3-4,7-8H,5-6H2,1-2H3,(H,19,20). The number of carbonyl (C=O) groups is 1. The maximum absolute atomic E-state index is 11.0. The number of aromatic nitrogens is 3. The second-order valence-electron chi connectivity index (χ2n) is 4.95. The van der Waals surface area contributed by atoms with E-state index in [1.165, 1.54) is 0 Å². The van der Waals surface area contributed by atoms with E-state index in [9.17, 15) is 4.79 Å². The lowest BCUT2D eigenvalue weighted by Gasteiger charge is -2.05. The zero-order chi connectivity index (χ0) is 15.0. The summed E-state index contributed by atoms with van der Waals surface area (Å²) < 4.78 is 2.11. The van der Waals surface area contributed by atoms with E-state index >= 15 is 0 Å². The quantitative estimate of drug-likeness (QED) is 0.804. The smallest absolute Gasteiger partial charge is 0.335 e. The summed E-state index contributed by atoms with van der Waals surface area (Å²) in [6.07, 6.45) is 0.853. The minimum Gasteiger partial charge on any atom is -0.478 e. The fourth-order valence-electron chi connectivity index (χ4n) is 2.39. The molecule has 0 radical (unpaired) electrons. The van der Waals surface area contributed by atoms with Gasteiger partial charge in [0.15, 0.2) is 0 Å². The Morgan fingerprint density at radius 1 is 1.33 bits per heavy atom. The molecule has 6 heteroatoms. The van der Waals surface area contributed by atoms with E-state index < -0.39 is 5.97 Å². The molecular weight excluding hydrogens is 286 g/mol. The van der Waals surface area contributed by atoms with Crippen LogP contribution in [0, 0.1) is 13.8 Å². The van der Waals surface area contributed by atoms with Crippen molar-refractivity contribution in [3.8, 4) is 0 Å². The van der Waals surface area contributed by atoms with Gasteiger partial charge in [-0.15, -0.1) is 11.3 Å². The minimum absolute atomic E-state index is 0.266. The van der Waals surface area contributed by atoms with E-state index in [2.05, 4.69) is 14.5 Å². The van der Waals surface area contributed by atoms with Crippen molar-refractivity contribution < 1.29 is 9.90 Å². The molecule has 21 heavy (non-hydrogen) atoms. The van der Waals surface area contributed by atoms with Crippen LogP contribution in [0.5, 0.6) is 0 Å². The Labute approximate surface area is 125 Å². The second kappa shape index (κ2) is 5.29. The van der Waals surface area contributed by atoms with E-state index in [4.69, 9.17) is 5.11 Å². The van der Waals surface area contributed by atoms with Crippen LogP contribution in [-0.4, -0.2) is 25.6 Å². The molecule has 0 unspecified atom stereocenters. The Morgan fingerprint density at radius 3 is 2.81 bits per heavy atom. The van der Waals surface area contributed by atoms with Gasteiger partial charge in [-0.2, -0.15) is 0 Å². The van der Waals surface area contributed by atoms with Gasteiger partial charge in [0.1, 0.15) is 5.82 Å². The molecule has 0 spiro atoms. The molecule has 5 nitrogen and oxygen atoms in total. The number of carboxylic acids is 1. The minimum atomic E-state index is -0.928. The summed E-state index contributed by atoms with van der Waals surface area (Å²) in [6.45, 7) is 4.72. The first kappa shape index (κ1) is 13.8. The third kappa shape index (κ3) is 2.67. The molecule has 1 aromatic carbocycles. The number of rotatable bonds is 4. The molecule has 0 fully saturated rings. The molecule has 2 aromatic heterocycles. The van der Waals surface area contributed by atoms with Gasteiger partial charge in [0, 0.05) is 24.0 Å². The monoisotopic (exact) mass is 301 g/mol. The highest BCUT2D eigenvalue weighted by Crippen LogP contribution is 2.19. The van der Waals surface area contributed by atoms with Gasteiger partial charge >= 0.3 is 5.97 Å². The predicted octanol–water partition coefficient (Wildman–Crippen LogP) is 3.05. The lowest BCUT2D eigenvalue weighted by Crippen LogP contribution is -2.03. The number of hydrogen-bond acceptors (Lipinski definition) is 4. The normalized spacial score (nSPS) is 11.1. The molecule has 0 amide bonds. The highest BCUT2D eigenvalue weighted by atomic mass is 32.1. The van der Waals surface area contributed by atoms with Crippen LogP contribution < -0.4 is 0 Å². The summed E-state index contributed by atoms with van der Waals surface area (Å²) in [5.74, 6) is -0.0387. The summed E-state index contributed by atoms with van der Waals surface area (Å²) in [4.78, 5) is 19.9. The third-order valence-electron chi connectivity index (χ3n) is 3.40. The molecule has 1 N–H and O–H groups in total. The van der Waals surface area contributed by atoms with Crippen molar-refractivity contribution in [3.05, 3.63) is 45.7 Å². The summed E-state index contributed by atoms with van der Waals surface area (Å²) >= 11 is 1.67. The molecule has 0 aliphatic heterocycles. The van der Waals surface area contributed by atoms with Crippen molar-refractivity contribution in [1.82, 2.24) is 14.5 Å². The Bertz CT molecular complexity index is 820. The van der Waals surface area contributed by atoms with Gasteiger partial charge in [-0.05, 0) is 32.0 Å². The van der Waals surface area contributed by atoms with E-state index in [0.29, 0.717) is 0 Å². The van der Waals surface area contributed by atoms with Crippen LogP contribution in [0.3, 0.4) is 0 Å². The number of nitrogens with zero attached hydrogens (tertiary/aromatic N) is 3. The summed E-state index contributed by atoms with van der Waals surface area (Å²) in [5.41, 5.74) is 3.00. The summed E-state index contributed by atoms with van der Waals surface area (Å²) in [6, 6.07) is 5.07. The summed E-state index contributed by atoms with van der Waals surface area (Å²) in [5, 5.41) is 12.2. The molecule has 0 saturated heterocycles. The molecule has 3 rings (SSSR count). The van der Waals surface area contributed by atoms with Crippen LogP contribution in [0.1, 0.15) is 26.9 Å². The SMILES string of the molecule is Cc1csc(CCn2c(C)nc3cc(C(=O)O)ccc32)n1. The number of hydrogen-bond donors (Lipinski definition) is 1. The van der Waals surface area contributed by atoms with Gasteiger partial charge in [0.05, 0.1) is 21.6 Å². The lowest BCUT2D eigenvalue weighted by atomic mass is 10.2. The molecule has 0 aliphatic carbocycles. The van der Waals surface area contributed by atoms with Gasteiger partial charge < -0.3 is 9.67 Å². The van der Waals surface area contributed by atoms with Gasteiger partial charge in [-0.3, -0.25) is 0 Å². The zero-order valence-electron chi connectivity index (χ0n) is 11.8. The molecule has 2 heterocycles. The number of imidazole rings is 1. The molecule has 3 aromatic rings.